The van der Waals surface area contributed by atoms with Crippen molar-refractivity contribution in [2.45, 2.75) is 11.8 Å². The Morgan fingerprint density at radius 3 is 2.47 bits per heavy atom. The van der Waals surface area contributed by atoms with Crippen LogP contribution in [0.4, 0.5) is 11.5 Å². The van der Waals surface area contributed by atoms with Gasteiger partial charge in [-0.2, -0.15) is 5.10 Å². The largest absolute Gasteiger partial charge is 0.304 e. The Morgan fingerprint density at radius 1 is 1.00 bits per heavy atom. The summed E-state index contributed by atoms with van der Waals surface area (Å²) >= 11 is 1.05. The molecule has 0 atom stereocenters. The second-order valence-electron chi connectivity index (χ2n) is 6.52. The number of rotatable bonds is 6. The summed E-state index contributed by atoms with van der Waals surface area (Å²) in [7, 11) is -3.91. The number of thiophene rings is 1. The lowest BCUT2D eigenvalue weighted by molar-refractivity contribution is 0.102. The van der Waals surface area contributed by atoms with Crippen LogP contribution in [-0.4, -0.2) is 24.1 Å². The summed E-state index contributed by atoms with van der Waals surface area (Å²) in [6.45, 7) is 1.92. The molecule has 0 bridgehead atoms. The fourth-order valence-corrected chi connectivity index (χ4v) is 5.18. The highest BCUT2D eigenvalue weighted by molar-refractivity contribution is 7.93. The van der Waals surface area contributed by atoms with Gasteiger partial charge in [0.05, 0.1) is 5.69 Å². The average Bonchev–Trinajstić information content (AvgIpc) is 3.40. The Morgan fingerprint density at radius 2 is 1.73 bits per heavy atom. The third-order valence-electron chi connectivity index (χ3n) is 4.28. The minimum Gasteiger partial charge on any atom is -0.304 e. The van der Waals surface area contributed by atoms with Gasteiger partial charge >= 0.3 is 0 Å². The first-order chi connectivity index (χ1) is 14.4. The number of nitrogens with one attached hydrogen (secondary N) is 2. The van der Waals surface area contributed by atoms with Gasteiger partial charge in [-0.05, 0) is 42.6 Å². The fourth-order valence-electron chi connectivity index (χ4n) is 2.79. The summed E-state index contributed by atoms with van der Waals surface area (Å²) in [6.07, 6.45) is 1.72. The van der Waals surface area contributed by atoms with E-state index in [-0.39, 0.29) is 9.77 Å². The number of nitrogens with zero attached hydrogens (tertiary/aromatic N) is 2. The molecule has 0 aliphatic rings. The van der Waals surface area contributed by atoms with E-state index >= 15 is 0 Å². The van der Waals surface area contributed by atoms with Gasteiger partial charge in [0.2, 0.25) is 0 Å². The molecule has 30 heavy (non-hydrogen) atoms. The monoisotopic (exact) mass is 438 g/mol. The molecule has 152 valence electrons. The maximum Gasteiger partial charge on any atom is 0.268 e. The van der Waals surface area contributed by atoms with Gasteiger partial charge in [-0.25, -0.2) is 13.1 Å². The highest BCUT2D eigenvalue weighted by Crippen LogP contribution is 2.25. The smallest absolute Gasteiger partial charge is 0.268 e. The van der Waals surface area contributed by atoms with Gasteiger partial charge in [-0.3, -0.25) is 9.52 Å². The summed E-state index contributed by atoms with van der Waals surface area (Å²) < 4.78 is 29.8. The minimum absolute atomic E-state index is 0.0759. The van der Waals surface area contributed by atoms with Crippen LogP contribution in [0.15, 0.2) is 83.2 Å². The van der Waals surface area contributed by atoms with Crippen molar-refractivity contribution in [3.63, 3.8) is 0 Å². The summed E-state index contributed by atoms with van der Waals surface area (Å²) in [4.78, 5) is 12.8. The second kappa shape index (κ2) is 8.13. The van der Waals surface area contributed by atoms with Crippen molar-refractivity contribution in [3.8, 4) is 5.69 Å². The molecular formula is C21H18N4O3S2. The molecule has 0 aliphatic heterocycles. The number of benzene rings is 2. The second-order valence-corrected chi connectivity index (χ2v) is 9.09. The normalized spacial score (nSPS) is 11.2. The summed E-state index contributed by atoms with van der Waals surface area (Å²) in [5.41, 5.74) is 2.29. The number of hydrogen-bond acceptors (Lipinski definition) is 5. The van der Waals surface area contributed by atoms with Crippen LogP contribution in [0.1, 0.15) is 15.2 Å². The topological polar surface area (TPSA) is 93.1 Å². The molecule has 2 N–H and O–H groups in total. The predicted molar refractivity (Wildman–Crippen MR) is 118 cm³/mol. The van der Waals surface area contributed by atoms with Gasteiger partial charge < -0.3 is 5.32 Å². The summed E-state index contributed by atoms with van der Waals surface area (Å²) in [5, 5.41) is 8.56. The van der Waals surface area contributed by atoms with E-state index in [9.17, 15) is 13.2 Å². The fraction of sp³-hybridized carbons (Fsp3) is 0.0476. The molecule has 0 aliphatic carbocycles. The van der Waals surface area contributed by atoms with Gasteiger partial charge in [0.25, 0.3) is 15.9 Å². The Bertz CT molecular complexity index is 1280. The Labute approximate surface area is 178 Å². The van der Waals surface area contributed by atoms with Gasteiger partial charge in [-0.1, -0.05) is 35.9 Å². The number of anilines is 2. The molecule has 2 heterocycles. The van der Waals surface area contributed by atoms with Crippen molar-refractivity contribution < 1.29 is 13.2 Å². The maximum atomic E-state index is 12.8. The van der Waals surface area contributed by atoms with Crippen molar-refractivity contribution in [1.29, 1.82) is 0 Å². The summed E-state index contributed by atoms with van der Waals surface area (Å²) in [5.74, 6) is -0.209. The quantitative estimate of drug-likeness (QED) is 0.469. The molecule has 4 rings (SSSR count). The standard InChI is InChI=1S/C21H18N4O3S2/c1-15-7-9-16(10-8-15)24-30(27,28)18-12-14-29-20(18)21(26)22-19-11-13-25(23-19)17-5-3-2-4-6-17/h2-14,24H,1H3,(H,22,23,26). The Balaban J connectivity index is 1.53. The van der Waals surface area contributed by atoms with Crippen molar-refractivity contribution in [1.82, 2.24) is 9.78 Å². The number of amides is 1. The van der Waals surface area contributed by atoms with E-state index in [0.717, 1.165) is 22.6 Å². The van der Waals surface area contributed by atoms with Crippen LogP contribution in [0.3, 0.4) is 0 Å². The third kappa shape index (κ3) is 4.27. The molecule has 0 spiro atoms. The lowest BCUT2D eigenvalue weighted by Crippen LogP contribution is -2.18. The van der Waals surface area contributed by atoms with E-state index in [1.807, 2.05) is 49.4 Å². The maximum absolute atomic E-state index is 12.8. The Kier molecular flexibility index (Phi) is 5.39. The van der Waals surface area contributed by atoms with Gasteiger partial charge in [0, 0.05) is 18.0 Å². The van der Waals surface area contributed by atoms with Gasteiger partial charge in [-0.15, -0.1) is 11.3 Å². The molecule has 7 nitrogen and oxygen atoms in total. The van der Waals surface area contributed by atoms with Crippen LogP contribution in [0.25, 0.3) is 5.69 Å². The van der Waals surface area contributed by atoms with E-state index in [4.69, 9.17) is 0 Å². The van der Waals surface area contributed by atoms with Crippen molar-refractivity contribution in [2.75, 3.05) is 10.0 Å². The Hall–Kier alpha value is -3.43. The summed E-state index contributed by atoms with van der Waals surface area (Å²) in [6, 6.07) is 19.5. The van der Waals surface area contributed by atoms with Gasteiger partial charge in [0.1, 0.15) is 9.77 Å². The molecule has 0 fully saturated rings. The molecular weight excluding hydrogens is 420 g/mol. The van der Waals surface area contributed by atoms with E-state index in [0.29, 0.717) is 11.5 Å². The molecule has 4 aromatic rings. The van der Waals surface area contributed by atoms with Crippen LogP contribution in [0.5, 0.6) is 0 Å². The van der Waals surface area contributed by atoms with Crippen LogP contribution in [0.2, 0.25) is 0 Å². The lowest BCUT2D eigenvalue weighted by Gasteiger charge is -2.09. The number of aromatic nitrogens is 2. The van der Waals surface area contributed by atoms with E-state index in [1.54, 1.807) is 34.5 Å². The molecule has 0 radical (unpaired) electrons. The molecule has 2 aromatic heterocycles. The first kappa shape index (κ1) is 19.9. The zero-order chi connectivity index (χ0) is 21.1. The highest BCUT2D eigenvalue weighted by atomic mass is 32.2. The number of aryl methyl sites for hydroxylation is 1. The predicted octanol–water partition coefficient (Wildman–Crippen LogP) is 4.30. The van der Waals surface area contributed by atoms with Gasteiger partial charge in [0.15, 0.2) is 5.82 Å². The number of carbonyl (C=O) groups is 1. The number of carbonyl (C=O) groups excluding carboxylic acids is 1. The SMILES string of the molecule is Cc1ccc(NS(=O)(=O)c2ccsc2C(=O)Nc2ccn(-c3ccccc3)n2)cc1. The molecule has 0 saturated heterocycles. The van der Waals surface area contributed by atoms with Crippen LogP contribution >= 0.6 is 11.3 Å². The molecule has 0 saturated carbocycles. The molecule has 0 unspecified atom stereocenters. The first-order valence-corrected chi connectivity index (χ1v) is 11.4. The molecule has 9 heteroatoms. The first-order valence-electron chi connectivity index (χ1n) is 9.02. The van der Waals surface area contributed by atoms with Crippen LogP contribution in [-0.2, 0) is 10.0 Å². The van der Waals surface area contributed by atoms with Crippen LogP contribution in [0, 0.1) is 6.92 Å². The lowest BCUT2D eigenvalue weighted by atomic mass is 10.2. The van der Waals surface area contributed by atoms with Crippen LogP contribution < -0.4 is 10.0 Å². The number of hydrogen-bond donors (Lipinski definition) is 2. The third-order valence-corrected chi connectivity index (χ3v) is 6.75. The number of sulfonamides is 1. The van der Waals surface area contributed by atoms with Crippen molar-refractivity contribution in [3.05, 3.63) is 88.7 Å². The van der Waals surface area contributed by atoms with E-state index in [1.165, 1.54) is 6.07 Å². The minimum atomic E-state index is -3.91. The zero-order valence-corrected chi connectivity index (χ0v) is 17.6. The van der Waals surface area contributed by atoms with Crippen molar-refractivity contribution >= 4 is 38.8 Å². The highest BCUT2D eigenvalue weighted by Gasteiger charge is 2.24. The molecule has 1 amide bonds. The van der Waals surface area contributed by atoms with E-state index < -0.39 is 15.9 Å². The average molecular weight is 439 g/mol. The van der Waals surface area contributed by atoms with E-state index in [2.05, 4.69) is 15.1 Å². The van der Waals surface area contributed by atoms with Crippen molar-refractivity contribution in [2.24, 2.45) is 0 Å². The zero-order valence-electron chi connectivity index (χ0n) is 15.9. The molecule has 2 aromatic carbocycles. The number of para-hydroxylation sites is 1.